The first kappa shape index (κ1) is 52.0. The van der Waals surface area contributed by atoms with Crippen LogP contribution in [-0.4, -0.2) is 53.7 Å². The summed E-state index contributed by atoms with van der Waals surface area (Å²) in [6.07, 6.45) is 35.0. The van der Waals surface area contributed by atoms with Gasteiger partial charge in [-0.25, -0.2) is 4.57 Å². The molecular formula is C42H83O10P. The van der Waals surface area contributed by atoms with Gasteiger partial charge in [-0.15, -0.1) is 0 Å². The lowest BCUT2D eigenvalue weighted by Gasteiger charge is -2.20. The van der Waals surface area contributed by atoms with E-state index in [2.05, 4.69) is 27.0 Å². The monoisotopic (exact) mass is 779 g/mol. The first-order chi connectivity index (χ1) is 25.7. The Morgan fingerprint density at radius 3 is 1.25 bits per heavy atom. The van der Waals surface area contributed by atoms with E-state index in [-0.39, 0.29) is 6.61 Å². The number of unbranched alkanes of at least 4 members (excludes halogenated alkanes) is 26. The summed E-state index contributed by atoms with van der Waals surface area (Å²) in [6, 6.07) is 0. The van der Waals surface area contributed by atoms with E-state index in [1.165, 1.54) is 154 Å². The van der Waals surface area contributed by atoms with Gasteiger partial charge >= 0.3 is 7.82 Å². The second-order valence-electron chi connectivity index (χ2n) is 14.8. The van der Waals surface area contributed by atoms with Gasteiger partial charge in [-0.05, 0) is 12.8 Å². The lowest BCUT2D eigenvalue weighted by molar-refractivity contribution is -0.344. The molecule has 0 heterocycles. The minimum atomic E-state index is -4.54. The summed E-state index contributed by atoms with van der Waals surface area (Å²) in [7, 11) is -4.54. The van der Waals surface area contributed by atoms with Crippen LogP contribution in [0.15, 0.2) is 24.7 Å². The van der Waals surface area contributed by atoms with Gasteiger partial charge < -0.3 is 24.9 Å². The molecule has 0 saturated heterocycles. The second kappa shape index (κ2) is 39.3. The van der Waals surface area contributed by atoms with Gasteiger partial charge in [-0.3, -0.25) is 9.05 Å². The molecule has 0 fully saturated rings. The largest absolute Gasteiger partial charge is 0.472 e. The molecule has 0 aliphatic carbocycles. The molecule has 0 aliphatic rings. The van der Waals surface area contributed by atoms with E-state index in [1.807, 2.05) is 0 Å². The molecule has 0 aromatic carbocycles. The van der Waals surface area contributed by atoms with Crippen molar-refractivity contribution in [3.63, 3.8) is 0 Å². The number of phosphoric ester groups is 1. The summed E-state index contributed by atoms with van der Waals surface area (Å²) in [5, 5.41) is 18.4. The number of allylic oxidation sites excluding steroid dienone is 2. The second-order valence-corrected chi connectivity index (χ2v) is 16.3. The molecular weight excluding hydrogens is 695 g/mol. The van der Waals surface area contributed by atoms with Crippen molar-refractivity contribution in [3.05, 3.63) is 24.7 Å². The fourth-order valence-corrected chi connectivity index (χ4v) is 6.79. The van der Waals surface area contributed by atoms with Gasteiger partial charge in [0.05, 0.1) is 19.8 Å². The number of aliphatic hydroxyl groups excluding tert-OH is 2. The molecule has 0 bridgehead atoms. The molecule has 0 aromatic rings. The Bertz CT molecular complexity index is 858. The minimum Gasteiger partial charge on any atom is -0.394 e. The highest BCUT2D eigenvalue weighted by Gasteiger charge is 2.26. The molecule has 53 heavy (non-hydrogen) atoms. The average Bonchev–Trinajstić information content (AvgIpc) is 3.14. The Kier molecular flexibility index (Phi) is 38.6. The minimum absolute atomic E-state index is 0.177. The van der Waals surface area contributed by atoms with Gasteiger partial charge in [0.2, 0.25) is 0 Å². The molecule has 3 unspecified atom stereocenters. The van der Waals surface area contributed by atoms with Gasteiger partial charge in [0.15, 0.2) is 6.10 Å². The lowest BCUT2D eigenvalue weighted by Crippen LogP contribution is -2.26. The molecule has 0 saturated carbocycles. The van der Waals surface area contributed by atoms with Crippen LogP contribution in [0.1, 0.15) is 206 Å². The van der Waals surface area contributed by atoms with Gasteiger partial charge in [0.25, 0.3) is 0 Å². The molecule has 3 atom stereocenters. The third-order valence-electron chi connectivity index (χ3n) is 9.42. The van der Waals surface area contributed by atoms with Gasteiger partial charge in [0.1, 0.15) is 24.2 Å². The molecule has 0 radical (unpaired) electrons. The van der Waals surface area contributed by atoms with Crippen LogP contribution in [0.3, 0.4) is 0 Å². The van der Waals surface area contributed by atoms with E-state index in [1.54, 1.807) is 0 Å². The summed E-state index contributed by atoms with van der Waals surface area (Å²) >= 11 is 0. The first-order valence-electron chi connectivity index (χ1n) is 21.6. The van der Waals surface area contributed by atoms with Gasteiger partial charge in [-0.1, -0.05) is 194 Å². The third kappa shape index (κ3) is 39.1. The molecule has 11 heteroatoms. The number of rotatable bonds is 44. The lowest BCUT2D eigenvalue weighted by atomic mass is 10.0. The smallest absolute Gasteiger partial charge is 0.394 e. The summed E-state index contributed by atoms with van der Waals surface area (Å²) in [5.74, 6) is 0.924. The van der Waals surface area contributed by atoms with Crippen molar-refractivity contribution < 1.29 is 48.3 Å². The van der Waals surface area contributed by atoms with Crippen molar-refractivity contribution >= 4 is 7.82 Å². The molecule has 316 valence electrons. The normalized spacial score (nSPS) is 13.8. The Labute approximate surface area is 325 Å². The third-order valence-corrected chi connectivity index (χ3v) is 10.4. The van der Waals surface area contributed by atoms with Crippen molar-refractivity contribution in [3.8, 4) is 0 Å². The number of aliphatic hydroxyl groups is 2. The Balaban J connectivity index is 4.23. The van der Waals surface area contributed by atoms with Crippen LogP contribution in [0.25, 0.3) is 0 Å². The highest BCUT2D eigenvalue weighted by Crippen LogP contribution is 2.43. The van der Waals surface area contributed by atoms with E-state index >= 15 is 0 Å². The van der Waals surface area contributed by atoms with Gasteiger partial charge in [-0.2, -0.15) is 9.78 Å². The maximum Gasteiger partial charge on any atom is 0.472 e. The van der Waals surface area contributed by atoms with Crippen LogP contribution in [-0.2, 0) is 33.2 Å². The fourth-order valence-electron chi connectivity index (χ4n) is 6.00. The average molecular weight is 779 g/mol. The van der Waals surface area contributed by atoms with Crippen LogP contribution in [0.2, 0.25) is 0 Å². The molecule has 10 nitrogen and oxygen atoms in total. The maximum atomic E-state index is 12.2. The number of hydrogen-bond acceptors (Lipinski definition) is 9. The quantitative estimate of drug-likeness (QED) is 0.0180. The molecule has 0 aromatic heterocycles. The predicted octanol–water partition coefficient (Wildman–Crippen LogP) is 12.5. The summed E-state index contributed by atoms with van der Waals surface area (Å²) in [5.41, 5.74) is 0. The van der Waals surface area contributed by atoms with E-state index in [9.17, 15) is 14.6 Å². The zero-order valence-electron chi connectivity index (χ0n) is 34.3. The summed E-state index contributed by atoms with van der Waals surface area (Å²) in [6.45, 7) is 10.6. The fraction of sp³-hybridized carbons (Fsp3) is 0.905. The number of phosphoric acid groups is 1. The van der Waals surface area contributed by atoms with E-state index in [4.69, 9.17) is 33.7 Å². The zero-order valence-corrected chi connectivity index (χ0v) is 35.2. The summed E-state index contributed by atoms with van der Waals surface area (Å²) < 4.78 is 22.0. The molecule has 0 rings (SSSR count). The first-order valence-corrected chi connectivity index (χ1v) is 23.1. The molecule has 0 spiro atoms. The highest BCUT2D eigenvalue weighted by molar-refractivity contribution is 7.47. The predicted molar refractivity (Wildman–Crippen MR) is 216 cm³/mol. The van der Waals surface area contributed by atoms with Crippen molar-refractivity contribution in [2.45, 2.75) is 219 Å². The highest BCUT2D eigenvalue weighted by atomic mass is 31.2. The number of hydrogen-bond donors (Lipinski definition) is 3. The maximum absolute atomic E-state index is 12.2. The van der Waals surface area contributed by atoms with E-state index in [0.29, 0.717) is 24.4 Å². The van der Waals surface area contributed by atoms with E-state index in [0.717, 1.165) is 25.7 Å². The van der Waals surface area contributed by atoms with Crippen LogP contribution in [0.4, 0.5) is 0 Å². The van der Waals surface area contributed by atoms with Crippen LogP contribution in [0, 0.1) is 0 Å². The Hall–Kier alpha value is -0.970. The van der Waals surface area contributed by atoms with Crippen molar-refractivity contribution in [1.29, 1.82) is 0 Å². The van der Waals surface area contributed by atoms with Gasteiger partial charge in [0, 0.05) is 12.8 Å². The standard InChI is InChI=1S/C42H83O10P/c1-5-7-9-11-13-15-17-19-21-23-25-27-29-31-33-39(3)50-47-37-42(38-49-53(45,46)48-36-41(44)35-43)52-51-40(4)34-32-30-28-26-24-22-20-18-16-14-12-10-8-6-2/h41-44H,3-38H2,1-2H3,(H,45,46). The van der Waals surface area contributed by atoms with Crippen molar-refractivity contribution in [2.75, 3.05) is 26.4 Å². The van der Waals surface area contributed by atoms with Crippen molar-refractivity contribution in [2.24, 2.45) is 0 Å². The Morgan fingerprint density at radius 2 is 0.868 bits per heavy atom. The zero-order chi connectivity index (χ0) is 39.1. The van der Waals surface area contributed by atoms with Crippen molar-refractivity contribution in [1.82, 2.24) is 0 Å². The molecule has 3 N–H and O–H groups in total. The van der Waals surface area contributed by atoms with Crippen LogP contribution in [0.5, 0.6) is 0 Å². The molecule has 0 amide bonds. The summed E-state index contributed by atoms with van der Waals surface area (Å²) in [4.78, 5) is 31.5. The molecule has 0 aliphatic heterocycles. The van der Waals surface area contributed by atoms with E-state index < -0.39 is 39.9 Å². The topological polar surface area (TPSA) is 133 Å². The Morgan fingerprint density at radius 1 is 0.528 bits per heavy atom. The van der Waals surface area contributed by atoms with Crippen LogP contribution < -0.4 is 0 Å². The SMILES string of the molecule is C=C(CCCCCCCCCCCCCCCC)OOCC(COP(=O)(O)OCC(O)CO)OOC(=C)CCCCCCCCCCCCCCCC. The van der Waals surface area contributed by atoms with Crippen LogP contribution >= 0.6 is 7.82 Å².